The largest absolute Gasteiger partial charge is 0.481 e. The molecule has 3 aromatic rings. The van der Waals surface area contributed by atoms with E-state index in [0.717, 1.165) is 17.7 Å². The molecule has 0 saturated carbocycles. The zero-order valence-corrected chi connectivity index (χ0v) is 17.4. The molecule has 0 aliphatic rings. The summed E-state index contributed by atoms with van der Waals surface area (Å²) < 4.78 is 38.1. The van der Waals surface area contributed by atoms with Crippen molar-refractivity contribution in [3.63, 3.8) is 0 Å². The van der Waals surface area contributed by atoms with Crippen LogP contribution in [-0.2, 0) is 11.0 Å². The number of pyridine rings is 1. The quantitative estimate of drug-likeness (QED) is 0.467. The van der Waals surface area contributed by atoms with Crippen molar-refractivity contribution in [2.24, 2.45) is 0 Å². The van der Waals surface area contributed by atoms with Crippen LogP contribution < -0.4 is 10.6 Å². The van der Waals surface area contributed by atoms with Gasteiger partial charge >= 0.3 is 12.1 Å². The lowest BCUT2D eigenvalue weighted by Gasteiger charge is -2.15. The van der Waals surface area contributed by atoms with E-state index in [2.05, 4.69) is 25.6 Å². The van der Waals surface area contributed by atoms with Gasteiger partial charge in [-0.25, -0.2) is 15.0 Å². The maximum absolute atomic E-state index is 12.7. The second kappa shape index (κ2) is 10.1. The van der Waals surface area contributed by atoms with E-state index in [9.17, 15) is 22.8 Å². The van der Waals surface area contributed by atoms with Crippen molar-refractivity contribution in [3.05, 3.63) is 71.7 Å². The lowest BCUT2D eigenvalue weighted by atomic mass is 10.1. The molecule has 2 aromatic heterocycles. The van der Waals surface area contributed by atoms with Gasteiger partial charge in [0.25, 0.3) is 5.91 Å². The highest BCUT2D eigenvalue weighted by atomic mass is 19.4. The number of carbonyl (C=O) groups is 2. The Kier molecular flexibility index (Phi) is 7.21. The van der Waals surface area contributed by atoms with Crippen LogP contribution in [-0.4, -0.2) is 38.5 Å². The van der Waals surface area contributed by atoms with E-state index in [1.54, 1.807) is 24.5 Å². The molecule has 0 spiro atoms. The number of nitrogens with zero attached hydrogens (tertiary/aromatic N) is 3. The second-order valence-corrected chi connectivity index (χ2v) is 7.11. The summed E-state index contributed by atoms with van der Waals surface area (Å²) in [7, 11) is 0. The van der Waals surface area contributed by atoms with E-state index in [-0.39, 0.29) is 19.0 Å². The molecule has 33 heavy (non-hydrogen) atoms. The number of rotatable bonds is 8. The zero-order chi connectivity index (χ0) is 24.0. The number of alkyl halides is 3. The van der Waals surface area contributed by atoms with Crippen LogP contribution in [0.25, 0.3) is 11.4 Å². The maximum atomic E-state index is 12.7. The van der Waals surface area contributed by atoms with E-state index >= 15 is 0 Å². The molecule has 3 N–H and O–H groups in total. The molecule has 0 fully saturated rings. The summed E-state index contributed by atoms with van der Waals surface area (Å²) in [6, 6.07) is 7.54. The van der Waals surface area contributed by atoms with Crippen LogP contribution >= 0.6 is 0 Å². The Morgan fingerprint density at radius 2 is 1.67 bits per heavy atom. The van der Waals surface area contributed by atoms with Crippen LogP contribution in [0.2, 0.25) is 0 Å². The number of benzene rings is 1. The van der Waals surface area contributed by atoms with Crippen molar-refractivity contribution in [2.75, 3.05) is 11.9 Å². The molecular formula is C22H20F3N5O3. The van der Waals surface area contributed by atoms with Crippen LogP contribution in [0, 0.1) is 0 Å². The molecule has 0 bridgehead atoms. The van der Waals surface area contributed by atoms with Crippen LogP contribution in [0.1, 0.15) is 40.9 Å². The van der Waals surface area contributed by atoms with Gasteiger partial charge in [-0.3, -0.25) is 9.59 Å². The molecule has 3 rings (SSSR count). The van der Waals surface area contributed by atoms with Gasteiger partial charge in [0.15, 0.2) is 5.82 Å². The predicted molar refractivity (Wildman–Crippen MR) is 113 cm³/mol. The summed E-state index contributed by atoms with van der Waals surface area (Å²) in [5.41, 5.74) is 0.747. The maximum Gasteiger partial charge on any atom is 0.416 e. The smallest absolute Gasteiger partial charge is 0.416 e. The fourth-order valence-corrected chi connectivity index (χ4v) is 2.82. The summed E-state index contributed by atoms with van der Waals surface area (Å²) in [6.07, 6.45) is -0.0595. The van der Waals surface area contributed by atoms with Gasteiger partial charge < -0.3 is 15.7 Å². The van der Waals surface area contributed by atoms with E-state index < -0.39 is 23.6 Å². The lowest BCUT2D eigenvalue weighted by Crippen LogP contribution is -2.26. The Labute approximate surface area is 186 Å². The van der Waals surface area contributed by atoms with Crippen molar-refractivity contribution in [3.8, 4) is 11.4 Å². The Balaban J connectivity index is 1.59. The van der Waals surface area contributed by atoms with Gasteiger partial charge in [0.1, 0.15) is 5.82 Å². The van der Waals surface area contributed by atoms with E-state index in [1.807, 2.05) is 6.92 Å². The van der Waals surface area contributed by atoms with Gasteiger partial charge in [-0.2, -0.15) is 13.2 Å². The Bertz CT molecular complexity index is 1100. The van der Waals surface area contributed by atoms with Crippen LogP contribution in [0.4, 0.5) is 19.0 Å². The zero-order valence-electron chi connectivity index (χ0n) is 17.4. The number of hydrogen-bond acceptors (Lipinski definition) is 6. The highest BCUT2D eigenvalue weighted by Gasteiger charge is 2.30. The highest BCUT2D eigenvalue weighted by molar-refractivity contribution is 5.94. The molecule has 0 aliphatic heterocycles. The van der Waals surface area contributed by atoms with Crippen LogP contribution in [0.15, 0.2) is 55.0 Å². The number of halogens is 3. The lowest BCUT2D eigenvalue weighted by molar-refractivity contribution is -0.138. The average Bonchev–Trinajstić information content (AvgIpc) is 2.79. The van der Waals surface area contributed by atoms with Crippen molar-refractivity contribution < 1.29 is 27.9 Å². The van der Waals surface area contributed by atoms with Gasteiger partial charge in [-0.05, 0) is 31.2 Å². The number of aliphatic carboxylic acids is 1. The fraction of sp³-hybridized carbons (Fsp3) is 0.227. The number of carboxylic acids is 1. The average molecular weight is 459 g/mol. The number of aromatic nitrogens is 3. The summed E-state index contributed by atoms with van der Waals surface area (Å²) in [5.74, 6) is -0.624. The van der Waals surface area contributed by atoms with Crippen LogP contribution in [0.3, 0.4) is 0 Å². The summed E-state index contributed by atoms with van der Waals surface area (Å²) >= 11 is 0. The van der Waals surface area contributed by atoms with E-state index in [4.69, 9.17) is 5.11 Å². The minimum atomic E-state index is -4.40. The highest BCUT2D eigenvalue weighted by Crippen LogP contribution is 2.30. The number of anilines is 1. The number of hydrogen-bond donors (Lipinski definition) is 3. The van der Waals surface area contributed by atoms with Crippen molar-refractivity contribution in [1.82, 2.24) is 20.3 Å². The van der Waals surface area contributed by atoms with Gasteiger partial charge in [-0.15, -0.1) is 0 Å². The Hall–Kier alpha value is -4.02. The molecule has 1 atom stereocenters. The third kappa shape index (κ3) is 6.48. The number of carbonyl (C=O) groups excluding carboxylic acids is 1. The molecule has 8 nitrogen and oxygen atoms in total. The van der Waals surface area contributed by atoms with Crippen molar-refractivity contribution in [2.45, 2.75) is 25.6 Å². The standard InChI is InChI=1S/C22H20F3N5O3/c1-13(30-18-7-4-15(10-27-18)21(33)26-9-8-19(31)32)16-11-28-20(29-12-16)14-2-5-17(6-3-14)22(23,24)25/h2-7,10-13H,8-9H2,1H3,(H,26,33)(H,27,30)(H,31,32). The molecule has 1 unspecified atom stereocenters. The first-order valence-corrected chi connectivity index (χ1v) is 9.85. The van der Waals surface area contributed by atoms with Crippen LogP contribution in [0.5, 0.6) is 0 Å². The van der Waals surface area contributed by atoms with Gasteiger partial charge in [0, 0.05) is 36.3 Å². The summed E-state index contributed by atoms with van der Waals surface area (Å²) in [5, 5.41) is 14.2. The number of carboxylic acid groups (broad SMARTS) is 1. The minimum absolute atomic E-state index is 0.0215. The number of nitrogens with one attached hydrogen (secondary N) is 2. The van der Waals surface area contributed by atoms with Crippen molar-refractivity contribution in [1.29, 1.82) is 0 Å². The molecule has 0 radical (unpaired) electrons. The number of amides is 1. The third-order valence-corrected chi connectivity index (χ3v) is 4.66. The SMILES string of the molecule is CC(Nc1ccc(C(=O)NCCC(=O)O)cn1)c1cnc(-c2ccc(C(F)(F)F)cc2)nc1. The second-order valence-electron chi connectivity index (χ2n) is 7.11. The summed E-state index contributed by atoms with van der Waals surface area (Å²) in [6.45, 7) is 1.87. The first-order valence-electron chi connectivity index (χ1n) is 9.85. The Morgan fingerprint density at radius 3 is 2.21 bits per heavy atom. The first kappa shape index (κ1) is 23.6. The molecule has 11 heteroatoms. The molecule has 0 saturated heterocycles. The third-order valence-electron chi connectivity index (χ3n) is 4.66. The van der Waals surface area contributed by atoms with Crippen molar-refractivity contribution >= 4 is 17.7 Å². The monoisotopic (exact) mass is 459 g/mol. The molecule has 1 aromatic carbocycles. The molecule has 1 amide bonds. The molecule has 172 valence electrons. The van der Waals surface area contributed by atoms with Gasteiger partial charge in [0.05, 0.1) is 23.6 Å². The Morgan fingerprint density at radius 1 is 1.00 bits per heavy atom. The van der Waals surface area contributed by atoms with E-state index in [0.29, 0.717) is 22.8 Å². The summed E-state index contributed by atoms with van der Waals surface area (Å²) in [4.78, 5) is 35.1. The predicted octanol–water partition coefficient (Wildman–Crippen LogP) is 3.94. The molecular weight excluding hydrogens is 439 g/mol. The van der Waals surface area contributed by atoms with Gasteiger partial charge in [-0.1, -0.05) is 12.1 Å². The molecule has 0 aliphatic carbocycles. The van der Waals surface area contributed by atoms with E-state index in [1.165, 1.54) is 18.3 Å². The topological polar surface area (TPSA) is 117 Å². The molecule has 2 heterocycles. The normalized spacial score (nSPS) is 12.1. The van der Waals surface area contributed by atoms with Gasteiger partial charge in [0.2, 0.25) is 0 Å². The first-order chi connectivity index (χ1) is 15.6. The minimum Gasteiger partial charge on any atom is -0.481 e. The fourth-order valence-electron chi connectivity index (χ4n) is 2.82.